The van der Waals surface area contributed by atoms with Gasteiger partial charge in [-0.3, -0.25) is 9.69 Å². The van der Waals surface area contributed by atoms with Gasteiger partial charge in [-0.25, -0.2) is 0 Å². The van der Waals surface area contributed by atoms with Crippen LogP contribution in [0.1, 0.15) is 47.9 Å². The van der Waals surface area contributed by atoms with E-state index in [0.29, 0.717) is 26.1 Å². The minimum absolute atomic E-state index is 0.00182. The van der Waals surface area contributed by atoms with E-state index in [0.717, 1.165) is 29.7 Å². The summed E-state index contributed by atoms with van der Waals surface area (Å²) in [4.78, 5) is 14.9. The van der Waals surface area contributed by atoms with Gasteiger partial charge in [0.15, 0.2) is 0 Å². The van der Waals surface area contributed by atoms with Gasteiger partial charge in [0.05, 0.1) is 5.60 Å². The van der Waals surface area contributed by atoms with E-state index in [1.165, 1.54) is 12.5 Å². The summed E-state index contributed by atoms with van der Waals surface area (Å²) in [6, 6.07) is 28.6. The van der Waals surface area contributed by atoms with E-state index in [9.17, 15) is 9.90 Å². The lowest BCUT2D eigenvalue weighted by molar-refractivity contribution is -0.190. The minimum atomic E-state index is -1.11. The van der Waals surface area contributed by atoms with E-state index < -0.39 is 11.2 Å². The highest BCUT2D eigenvalue weighted by Crippen LogP contribution is 2.57. The highest BCUT2D eigenvalue weighted by atomic mass is 16.6. The summed E-state index contributed by atoms with van der Waals surface area (Å²) in [6.45, 7) is 3.90. The average molecular weight is 471 g/mol. The van der Waals surface area contributed by atoms with Gasteiger partial charge in [0.25, 0.3) is 0 Å². The number of likely N-dealkylation sites (tertiary alicyclic amines) is 1. The van der Waals surface area contributed by atoms with Crippen molar-refractivity contribution >= 4 is 5.97 Å². The zero-order valence-electron chi connectivity index (χ0n) is 20.3. The van der Waals surface area contributed by atoms with E-state index in [2.05, 4.69) is 29.2 Å². The van der Waals surface area contributed by atoms with E-state index in [-0.39, 0.29) is 17.8 Å². The van der Waals surface area contributed by atoms with Crippen LogP contribution in [0, 0.1) is 5.92 Å². The molecule has 0 bridgehead atoms. The SMILES string of the molecule is CC(=O)OC12CN(Cc3ccccc3)CC1C(O)(c1ccc(CN)cc1)CCC2c1ccccc1. The van der Waals surface area contributed by atoms with Crippen LogP contribution in [0.2, 0.25) is 0 Å². The molecule has 1 saturated heterocycles. The Morgan fingerprint density at radius 3 is 2.29 bits per heavy atom. The van der Waals surface area contributed by atoms with Crippen LogP contribution < -0.4 is 5.73 Å². The predicted molar refractivity (Wildman–Crippen MR) is 136 cm³/mol. The standard InChI is InChI=1S/C30H34N2O3/c1-22(33)35-30-21-32(19-24-8-4-2-5-9-24)20-28(30)29(34,26-14-12-23(18-31)13-15-26)17-16-27(30)25-10-6-3-7-11-25/h2-15,27-28,34H,16-21,31H2,1H3. The van der Waals surface area contributed by atoms with Gasteiger partial charge in [0.2, 0.25) is 0 Å². The molecule has 1 saturated carbocycles. The van der Waals surface area contributed by atoms with Gasteiger partial charge in [-0.2, -0.15) is 0 Å². The molecule has 1 aliphatic carbocycles. The summed E-state index contributed by atoms with van der Waals surface area (Å²) in [5.74, 6) is -0.576. The van der Waals surface area contributed by atoms with Gasteiger partial charge in [-0.05, 0) is 35.1 Å². The summed E-state index contributed by atoms with van der Waals surface area (Å²) < 4.78 is 6.34. The van der Waals surface area contributed by atoms with Gasteiger partial charge < -0.3 is 15.6 Å². The number of fused-ring (bicyclic) bond motifs is 1. The maximum Gasteiger partial charge on any atom is 0.303 e. The lowest BCUT2D eigenvalue weighted by Crippen LogP contribution is -2.58. The number of nitrogens with zero attached hydrogens (tertiary/aromatic N) is 1. The normalized spacial score (nSPS) is 28.4. The molecule has 1 aliphatic heterocycles. The molecule has 0 radical (unpaired) electrons. The second-order valence-electron chi connectivity index (χ2n) is 10.1. The van der Waals surface area contributed by atoms with Crippen molar-refractivity contribution in [3.8, 4) is 0 Å². The summed E-state index contributed by atoms with van der Waals surface area (Å²) in [5, 5.41) is 12.4. The van der Waals surface area contributed by atoms with Gasteiger partial charge >= 0.3 is 5.97 Å². The molecular formula is C30H34N2O3. The first-order valence-corrected chi connectivity index (χ1v) is 12.5. The maximum atomic E-state index is 12.6. The third-order valence-corrected chi connectivity index (χ3v) is 7.96. The number of esters is 1. The first-order chi connectivity index (χ1) is 16.9. The zero-order valence-corrected chi connectivity index (χ0v) is 20.3. The maximum absolute atomic E-state index is 12.6. The number of ether oxygens (including phenoxy) is 1. The van der Waals surface area contributed by atoms with Crippen molar-refractivity contribution in [2.45, 2.75) is 50.0 Å². The molecule has 0 spiro atoms. The summed E-state index contributed by atoms with van der Waals surface area (Å²) >= 11 is 0. The highest BCUT2D eigenvalue weighted by molar-refractivity contribution is 5.67. The second-order valence-corrected chi connectivity index (χ2v) is 10.1. The molecule has 5 nitrogen and oxygen atoms in total. The number of aliphatic hydroxyl groups is 1. The van der Waals surface area contributed by atoms with E-state index in [4.69, 9.17) is 10.5 Å². The smallest absolute Gasteiger partial charge is 0.303 e. The number of hydrogen-bond acceptors (Lipinski definition) is 5. The van der Waals surface area contributed by atoms with Crippen LogP contribution in [-0.2, 0) is 28.2 Å². The first-order valence-electron chi connectivity index (χ1n) is 12.5. The number of rotatable bonds is 6. The van der Waals surface area contributed by atoms with Gasteiger partial charge in [-0.1, -0.05) is 84.9 Å². The molecule has 3 N–H and O–H groups in total. The van der Waals surface area contributed by atoms with E-state index in [1.807, 2.05) is 60.7 Å². The molecule has 3 aromatic carbocycles. The van der Waals surface area contributed by atoms with Gasteiger partial charge in [-0.15, -0.1) is 0 Å². The highest BCUT2D eigenvalue weighted by Gasteiger charge is 2.64. The van der Waals surface area contributed by atoms with Crippen molar-refractivity contribution in [2.75, 3.05) is 13.1 Å². The van der Waals surface area contributed by atoms with Crippen LogP contribution in [0.5, 0.6) is 0 Å². The molecule has 2 aliphatic rings. The lowest BCUT2D eigenvalue weighted by atomic mass is 9.59. The molecule has 4 atom stereocenters. The van der Waals surface area contributed by atoms with Crippen molar-refractivity contribution in [3.63, 3.8) is 0 Å². The molecule has 0 aromatic heterocycles. The lowest BCUT2D eigenvalue weighted by Gasteiger charge is -2.52. The Balaban J connectivity index is 1.60. The molecule has 5 heteroatoms. The molecule has 5 rings (SSSR count). The fourth-order valence-electron chi connectivity index (χ4n) is 6.44. The number of benzene rings is 3. The summed E-state index contributed by atoms with van der Waals surface area (Å²) in [7, 11) is 0. The quantitative estimate of drug-likeness (QED) is 0.524. The minimum Gasteiger partial charge on any atom is -0.457 e. The third kappa shape index (κ3) is 4.40. The van der Waals surface area contributed by atoms with Crippen LogP contribution >= 0.6 is 0 Å². The Morgan fingerprint density at radius 2 is 1.66 bits per heavy atom. The molecule has 3 aromatic rings. The fraction of sp³-hybridized carbons (Fsp3) is 0.367. The van der Waals surface area contributed by atoms with Crippen molar-refractivity contribution in [1.29, 1.82) is 0 Å². The number of carbonyl (C=O) groups excluding carboxylic acids is 1. The Kier molecular flexibility index (Phi) is 6.49. The fourth-order valence-corrected chi connectivity index (χ4v) is 6.44. The average Bonchev–Trinajstić information content (AvgIpc) is 3.24. The van der Waals surface area contributed by atoms with Gasteiger partial charge in [0.1, 0.15) is 5.60 Å². The Hall–Kier alpha value is -2.99. The monoisotopic (exact) mass is 470 g/mol. The molecule has 182 valence electrons. The van der Waals surface area contributed by atoms with E-state index in [1.54, 1.807) is 0 Å². The van der Waals surface area contributed by atoms with E-state index >= 15 is 0 Å². The second kappa shape index (κ2) is 9.57. The molecular weight excluding hydrogens is 436 g/mol. The molecule has 35 heavy (non-hydrogen) atoms. The van der Waals surface area contributed by atoms with Crippen LogP contribution in [-0.4, -0.2) is 34.7 Å². The van der Waals surface area contributed by atoms with Crippen LogP contribution in [0.15, 0.2) is 84.9 Å². The first kappa shape index (κ1) is 23.7. The van der Waals surface area contributed by atoms with Crippen molar-refractivity contribution < 1.29 is 14.6 Å². The number of carbonyl (C=O) groups is 1. The summed E-state index contributed by atoms with van der Waals surface area (Å²) in [5.41, 5.74) is 8.13. The van der Waals surface area contributed by atoms with Crippen LogP contribution in [0.25, 0.3) is 0 Å². The van der Waals surface area contributed by atoms with Crippen molar-refractivity contribution in [2.24, 2.45) is 11.7 Å². The van der Waals surface area contributed by atoms with Crippen LogP contribution in [0.4, 0.5) is 0 Å². The molecule has 4 unspecified atom stereocenters. The topological polar surface area (TPSA) is 75.8 Å². The number of hydrogen-bond donors (Lipinski definition) is 2. The number of nitrogens with two attached hydrogens (primary N) is 1. The van der Waals surface area contributed by atoms with Crippen LogP contribution in [0.3, 0.4) is 0 Å². The summed E-state index contributed by atoms with van der Waals surface area (Å²) in [6.07, 6.45) is 1.32. The largest absolute Gasteiger partial charge is 0.457 e. The zero-order chi connectivity index (χ0) is 24.5. The Labute approximate surface area is 207 Å². The molecule has 1 heterocycles. The Morgan fingerprint density at radius 1 is 1.00 bits per heavy atom. The molecule has 0 amide bonds. The van der Waals surface area contributed by atoms with Gasteiger partial charge in [0, 0.05) is 44.9 Å². The van der Waals surface area contributed by atoms with Crippen molar-refractivity contribution in [3.05, 3.63) is 107 Å². The Bertz CT molecular complexity index is 1150. The third-order valence-electron chi connectivity index (χ3n) is 7.96. The molecule has 2 fully saturated rings. The van der Waals surface area contributed by atoms with Crippen molar-refractivity contribution in [1.82, 2.24) is 4.90 Å². The predicted octanol–water partition coefficient (Wildman–Crippen LogP) is 4.34.